The van der Waals surface area contributed by atoms with Crippen LogP contribution >= 0.6 is 23.2 Å². The largest absolute Gasteiger partial charge is 0.350 e. The number of hydrogen-bond acceptors (Lipinski definition) is 4. The van der Waals surface area contributed by atoms with Crippen molar-refractivity contribution >= 4 is 39.1 Å². The van der Waals surface area contributed by atoms with E-state index >= 15 is 0 Å². The van der Waals surface area contributed by atoms with Crippen molar-refractivity contribution in [3.63, 3.8) is 0 Å². The molecule has 9 heteroatoms. The summed E-state index contributed by atoms with van der Waals surface area (Å²) >= 11 is 11.9. The summed E-state index contributed by atoms with van der Waals surface area (Å²) in [6.45, 7) is 7.37. The van der Waals surface area contributed by atoms with Gasteiger partial charge in [0.15, 0.2) is 0 Å². The number of carbonyl (C=O) groups excluding carboxylic acids is 1. The van der Waals surface area contributed by atoms with Crippen LogP contribution in [0.3, 0.4) is 0 Å². The molecule has 156 valence electrons. The number of nitrogens with zero attached hydrogens (tertiary/aromatic N) is 1. The molecule has 1 spiro atoms. The van der Waals surface area contributed by atoms with Crippen molar-refractivity contribution in [2.75, 3.05) is 19.6 Å². The highest BCUT2D eigenvalue weighted by Gasteiger charge is 2.53. The van der Waals surface area contributed by atoms with Gasteiger partial charge in [-0.05, 0) is 70.2 Å². The second-order valence-electron chi connectivity index (χ2n) is 8.92. The first-order valence-electron chi connectivity index (χ1n) is 9.40. The average molecular weight is 448 g/mol. The molecule has 2 fully saturated rings. The topological polar surface area (TPSA) is 78.5 Å². The molecule has 28 heavy (non-hydrogen) atoms. The molecule has 1 atom stereocenters. The van der Waals surface area contributed by atoms with Gasteiger partial charge in [0.25, 0.3) is 0 Å². The van der Waals surface area contributed by atoms with E-state index in [2.05, 4.69) is 10.0 Å². The normalized spacial score (nSPS) is 22.2. The van der Waals surface area contributed by atoms with Crippen LogP contribution in [0.15, 0.2) is 23.1 Å². The molecule has 2 aliphatic rings. The number of likely N-dealkylation sites (tertiary alicyclic amines) is 1. The van der Waals surface area contributed by atoms with Crippen LogP contribution in [0.4, 0.5) is 0 Å². The van der Waals surface area contributed by atoms with Crippen molar-refractivity contribution in [3.05, 3.63) is 28.2 Å². The number of halogens is 2. The van der Waals surface area contributed by atoms with Crippen LogP contribution in [0.2, 0.25) is 10.0 Å². The van der Waals surface area contributed by atoms with Crippen molar-refractivity contribution < 1.29 is 13.2 Å². The summed E-state index contributed by atoms with van der Waals surface area (Å²) in [5.41, 5.74) is -0.302. The van der Waals surface area contributed by atoms with E-state index in [1.807, 2.05) is 25.7 Å². The summed E-state index contributed by atoms with van der Waals surface area (Å²) in [6, 6.07) is 4.05. The lowest BCUT2D eigenvalue weighted by atomic mass is 9.89. The van der Waals surface area contributed by atoms with E-state index in [9.17, 15) is 13.2 Å². The number of hydrogen-bond donors (Lipinski definition) is 2. The van der Waals surface area contributed by atoms with Gasteiger partial charge in [-0.3, -0.25) is 9.69 Å². The Balaban J connectivity index is 1.71. The molecule has 1 saturated carbocycles. The van der Waals surface area contributed by atoms with Gasteiger partial charge >= 0.3 is 0 Å². The summed E-state index contributed by atoms with van der Waals surface area (Å²) in [5.74, 6) is -0.0533. The summed E-state index contributed by atoms with van der Waals surface area (Å²) in [7, 11) is -3.76. The quantitative estimate of drug-likeness (QED) is 0.726. The van der Waals surface area contributed by atoms with E-state index in [0.717, 1.165) is 25.8 Å². The van der Waals surface area contributed by atoms with Crippen LogP contribution in [0.1, 0.15) is 40.0 Å². The first-order chi connectivity index (χ1) is 12.9. The fourth-order valence-electron chi connectivity index (χ4n) is 3.76. The molecule has 0 aromatic heterocycles. The van der Waals surface area contributed by atoms with Crippen LogP contribution < -0.4 is 10.0 Å². The molecule has 3 rings (SSSR count). The van der Waals surface area contributed by atoms with Crippen molar-refractivity contribution in [3.8, 4) is 0 Å². The number of amides is 1. The summed E-state index contributed by atoms with van der Waals surface area (Å²) < 4.78 is 28.7. The molecule has 1 amide bonds. The van der Waals surface area contributed by atoms with Crippen molar-refractivity contribution in [2.24, 2.45) is 5.41 Å². The Bertz CT molecular complexity index is 843. The third-order valence-corrected chi connectivity index (χ3v) is 7.21. The maximum absolute atomic E-state index is 12.9. The number of nitrogens with one attached hydrogen (secondary N) is 2. The number of piperidine rings is 1. The van der Waals surface area contributed by atoms with Crippen LogP contribution in [-0.4, -0.2) is 50.4 Å². The number of carbonyl (C=O) groups is 1. The second-order valence-corrected chi connectivity index (χ2v) is 11.5. The molecule has 0 bridgehead atoms. The van der Waals surface area contributed by atoms with Gasteiger partial charge in [0.1, 0.15) is 0 Å². The van der Waals surface area contributed by atoms with Gasteiger partial charge in [-0.1, -0.05) is 23.2 Å². The smallest absolute Gasteiger partial charge is 0.240 e. The molecule has 1 aromatic rings. The van der Waals surface area contributed by atoms with E-state index in [1.165, 1.54) is 18.2 Å². The first kappa shape index (κ1) is 21.8. The number of sulfonamides is 1. The lowest BCUT2D eigenvalue weighted by Crippen LogP contribution is -2.56. The SMILES string of the molecule is CC(C)(C)NC(=O)CN1CCC2(CC2)C(NS(=O)(=O)c2cc(Cl)cc(Cl)c2)C1. The highest BCUT2D eigenvalue weighted by molar-refractivity contribution is 7.89. The zero-order valence-corrected chi connectivity index (χ0v) is 18.7. The van der Waals surface area contributed by atoms with Gasteiger partial charge in [0.05, 0.1) is 11.4 Å². The molecule has 1 unspecified atom stereocenters. The average Bonchev–Trinajstić information content (AvgIpc) is 3.28. The molecule has 2 N–H and O–H groups in total. The van der Waals surface area contributed by atoms with Gasteiger partial charge in [-0.2, -0.15) is 0 Å². The number of rotatable bonds is 5. The fraction of sp³-hybridized carbons (Fsp3) is 0.632. The Hall–Kier alpha value is -0.860. The minimum atomic E-state index is -3.76. The lowest BCUT2D eigenvalue weighted by Gasteiger charge is -2.39. The predicted molar refractivity (Wildman–Crippen MR) is 111 cm³/mol. The molecule has 1 aliphatic heterocycles. The van der Waals surface area contributed by atoms with Crippen LogP contribution in [0.5, 0.6) is 0 Å². The monoisotopic (exact) mass is 447 g/mol. The molecular weight excluding hydrogens is 421 g/mol. The minimum Gasteiger partial charge on any atom is -0.350 e. The summed E-state index contributed by atoms with van der Waals surface area (Å²) in [6.07, 6.45) is 2.87. The van der Waals surface area contributed by atoms with Gasteiger partial charge in [-0.25, -0.2) is 13.1 Å². The minimum absolute atomic E-state index is 0.00750. The van der Waals surface area contributed by atoms with Crippen LogP contribution in [-0.2, 0) is 14.8 Å². The Morgan fingerprint density at radius 2 is 1.79 bits per heavy atom. The highest BCUT2D eigenvalue weighted by Crippen LogP contribution is 2.54. The fourth-order valence-corrected chi connectivity index (χ4v) is 5.82. The summed E-state index contributed by atoms with van der Waals surface area (Å²) in [4.78, 5) is 14.3. The second kappa shape index (κ2) is 7.76. The molecule has 0 radical (unpaired) electrons. The Morgan fingerprint density at radius 3 is 2.32 bits per heavy atom. The van der Waals surface area contributed by atoms with Crippen molar-refractivity contribution in [1.29, 1.82) is 0 Å². The van der Waals surface area contributed by atoms with Crippen molar-refractivity contribution in [1.82, 2.24) is 14.9 Å². The van der Waals surface area contributed by atoms with E-state index in [4.69, 9.17) is 23.2 Å². The third kappa shape index (κ3) is 5.39. The van der Waals surface area contributed by atoms with Crippen LogP contribution in [0, 0.1) is 5.41 Å². The van der Waals surface area contributed by atoms with E-state index < -0.39 is 10.0 Å². The Labute approximate surface area is 177 Å². The molecular formula is C19H27Cl2N3O3S. The number of benzene rings is 1. The van der Waals surface area contributed by atoms with Gasteiger partial charge in [0.2, 0.25) is 15.9 Å². The molecule has 1 heterocycles. The van der Waals surface area contributed by atoms with Gasteiger partial charge in [0, 0.05) is 28.2 Å². The lowest BCUT2D eigenvalue weighted by molar-refractivity contribution is -0.124. The van der Waals surface area contributed by atoms with E-state index in [-0.39, 0.29) is 44.4 Å². The molecule has 1 aliphatic carbocycles. The van der Waals surface area contributed by atoms with Crippen LogP contribution in [0.25, 0.3) is 0 Å². The molecule has 6 nitrogen and oxygen atoms in total. The Kier molecular flexibility index (Phi) is 6.05. The predicted octanol–water partition coefficient (Wildman–Crippen LogP) is 3.04. The van der Waals surface area contributed by atoms with Gasteiger partial charge < -0.3 is 5.32 Å². The zero-order chi connectivity index (χ0) is 20.7. The zero-order valence-electron chi connectivity index (χ0n) is 16.4. The van der Waals surface area contributed by atoms with E-state index in [0.29, 0.717) is 6.54 Å². The van der Waals surface area contributed by atoms with E-state index in [1.54, 1.807) is 0 Å². The Morgan fingerprint density at radius 1 is 1.18 bits per heavy atom. The molecule has 1 saturated heterocycles. The first-order valence-corrected chi connectivity index (χ1v) is 11.6. The molecule has 1 aromatic carbocycles. The maximum Gasteiger partial charge on any atom is 0.240 e. The van der Waals surface area contributed by atoms with Crippen molar-refractivity contribution in [2.45, 2.75) is 56.5 Å². The maximum atomic E-state index is 12.9. The highest BCUT2D eigenvalue weighted by atomic mass is 35.5. The van der Waals surface area contributed by atoms with Gasteiger partial charge in [-0.15, -0.1) is 0 Å². The summed E-state index contributed by atoms with van der Waals surface area (Å²) in [5, 5.41) is 3.51. The third-order valence-electron chi connectivity index (χ3n) is 5.32. The standard InChI is InChI=1S/C19H27Cl2N3O3S/c1-18(2,3)22-17(25)12-24-7-6-19(4-5-19)16(11-24)23-28(26,27)15-9-13(20)8-14(21)10-15/h8-10,16,23H,4-7,11-12H2,1-3H3,(H,22,25).